The second-order valence-corrected chi connectivity index (χ2v) is 18.9. The van der Waals surface area contributed by atoms with Crippen LogP contribution in [0, 0.1) is 0 Å². The standard InChI is InChI=1S/C26H30N2O3.C24H26N2O3/c1-25(2,15-28(3)4)23-13-18-11-17(5-7-20(18)27-23)12-24(29)26(9-10-26)19-6-8-21-22(14-19)31-16-30-21;1-23(2,13-25)21-11-16-9-15(3-5-18(16)26-21)10-22(27)24(7-8-24)17-4-6-19-20(12-17)29-14-28-19/h5-8,11,13-14,27H,9-10,12,15-16H2,1-4H3;3-6,9,11-12,26H,7-8,10,13-14,25H2,1-2H3. The summed E-state index contributed by atoms with van der Waals surface area (Å²) in [6, 6.07) is 28.8. The number of H-pyrrole nitrogens is 2. The van der Waals surface area contributed by atoms with E-state index in [1.807, 2.05) is 42.5 Å². The minimum Gasteiger partial charge on any atom is -0.454 e. The van der Waals surface area contributed by atoms with Crippen LogP contribution in [0.15, 0.2) is 84.9 Å². The van der Waals surface area contributed by atoms with Crippen molar-refractivity contribution in [3.63, 3.8) is 0 Å². The molecule has 2 aromatic heterocycles. The van der Waals surface area contributed by atoms with E-state index in [2.05, 4.69) is 99.1 Å². The quantitative estimate of drug-likeness (QED) is 0.106. The SMILES string of the molecule is CC(C)(CN)c1cc2cc(CC(=O)C3(c4ccc5c(c4)OCO5)CC3)ccc2[nH]1.CN(C)CC(C)(C)c1cc2cc(CC(=O)C3(c4ccc5c(c4)OCO5)CC3)ccc2[nH]1. The number of carbonyl (C=O) groups is 2. The molecule has 10 nitrogen and oxygen atoms in total. The summed E-state index contributed by atoms with van der Waals surface area (Å²) in [6.07, 6.45) is 4.48. The number of nitrogens with two attached hydrogens (primary N) is 1. The number of aromatic nitrogens is 2. The van der Waals surface area contributed by atoms with Gasteiger partial charge in [-0.2, -0.15) is 0 Å². The molecule has 0 saturated heterocycles. The molecule has 2 aliphatic carbocycles. The Bertz CT molecular complexity index is 2620. The first-order chi connectivity index (χ1) is 28.7. The Labute approximate surface area is 351 Å². The normalized spacial score (nSPS) is 16.9. The second kappa shape index (κ2) is 14.9. The predicted molar refractivity (Wildman–Crippen MR) is 235 cm³/mol. The van der Waals surface area contributed by atoms with Gasteiger partial charge in [-0.15, -0.1) is 0 Å². The molecule has 0 atom stereocenters. The molecular formula is C50H56N4O6. The fourth-order valence-electron chi connectivity index (χ4n) is 9.10. The van der Waals surface area contributed by atoms with Crippen LogP contribution in [-0.4, -0.2) is 67.2 Å². The molecule has 0 spiro atoms. The number of benzene rings is 4. The van der Waals surface area contributed by atoms with Crippen molar-refractivity contribution >= 4 is 33.4 Å². The van der Waals surface area contributed by atoms with Crippen molar-refractivity contribution in [1.82, 2.24) is 14.9 Å². The van der Waals surface area contributed by atoms with Crippen LogP contribution in [0.3, 0.4) is 0 Å². The van der Waals surface area contributed by atoms with Gasteiger partial charge in [0, 0.05) is 59.2 Å². The number of hydrogen-bond acceptors (Lipinski definition) is 8. The van der Waals surface area contributed by atoms with Crippen LogP contribution in [-0.2, 0) is 44.1 Å². The van der Waals surface area contributed by atoms with Gasteiger partial charge >= 0.3 is 0 Å². The number of likely N-dealkylation sites (N-methyl/N-ethyl adjacent to an activating group) is 1. The highest BCUT2D eigenvalue weighted by Gasteiger charge is 2.52. The van der Waals surface area contributed by atoms with Gasteiger partial charge in [-0.05, 0) is 133 Å². The maximum atomic E-state index is 13.3. The molecule has 4 aliphatic rings. The minimum absolute atomic E-state index is 0.0237. The van der Waals surface area contributed by atoms with Gasteiger partial charge < -0.3 is 39.5 Å². The Kier molecular flexibility index (Phi) is 9.87. The monoisotopic (exact) mass is 808 g/mol. The van der Waals surface area contributed by atoms with Gasteiger partial charge in [0.25, 0.3) is 0 Å². The van der Waals surface area contributed by atoms with Crippen LogP contribution in [0.4, 0.5) is 0 Å². The fourth-order valence-corrected chi connectivity index (χ4v) is 9.10. The lowest BCUT2D eigenvalue weighted by Crippen LogP contribution is -2.32. The van der Waals surface area contributed by atoms with E-state index in [1.165, 1.54) is 11.1 Å². The van der Waals surface area contributed by atoms with Gasteiger partial charge in [-0.25, -0.2) is 0 Å². The van der Waals surface area contributed by atoms with E-state index in [9.17, 15) is 9.59 Å². The summed E-state index contributed by atoms with van der Waals surface area (Å²) in [6.45, 7) is 10.8. The highest BCUT2D eigenvalue weighted by Crippen LogP contribution is 2.53. The summed E-state index contributed by atoms with van der Waals surface area (Å²) in [4.78, 5) is 35.8. The molecule has 0 unspecified atom stereocenters. The Morgan fingerprint density at radius 2 is 1.03 bits per heavy atom. The first-order valence-electron chi connectivity index (χ1n) is 21.1. The highest BCUT2D eigenvalue weighted by molar-refractivity contribution is 5.96. The fraction of sp³-hybridized carbons (Fsp3) is 0.400. The van der Waals surface area contributed by atoms with Crippen LogP contribution in [0.2, 0.25) is 0 Å². The Morgan fingerprint density at radius 3 is 1.45 bits per heavy atom. The van der Waals surface area contributed by atoms with Gasteiger partial charge in [-0.1, -0.05) is 52.0 Å². The number of hydrogen-bond donors (Lipinski definition) is 3. The topological polar surface area (TPSA) is 132 Å². The molecular weight excluding hydrogens is 753 g/mol. The minimum atomic E-state index is -0.374. The van der Waals surface area contributed by atoms with Crippen LogP contribution in [0.5, 0.6) is 23.0 Å². The van der Waals surface area contributed by atoms with Crippen LogP contribution in [0.25, 0.3) is 21.8 Å². The molecule has 2 aliphatic heterocycles. The molecule has 10 heteroatoms. The lowest BCUT2D eigenvalue weighted by molar-refractivity contribution is -0.121. The van der Waals surface area contributed by atoms with E-state index < -0.39 is 0 Å². The zero-order valence-electron chi connectivity index (χ0n) is 35.6. The Balaban J connectivity index is 0.000000154. The number of nitrogens with one attached hydrogen (secondary N) is 2. The smallest absolute Gasteiger partial charge is 0.231 e. The second-order valence-electron chi connectivity index (χ2n) is 18.9. The number of nitrogens with zero attached hydrogens (tertiary/aromatic N) is 1. The number of Topliss-reactive ketones (excluding diaryl/α,β-unsaturated/α-hetero) is 2. The summed E-state index contributed by atoms with van der Waals surface area (Å²) in [5.41, 5.74) is 13.9. The molecule has 10 rings (SSSR count). The molecule has 4 heterocycles. The van der Waals surface area contributed by atoms with Crippen molar-refractivity contribution in [2.75, 3.05) is 40.8 Å². The predicted octanol–water partition coefficient (Wildman–Crippen LogP) is 8.56. The highest BCUT2D eigenvalue weighted by atomic mass is 16.7. The van der Waals surface area contributed by atoms with Crippen molar-refractivity contribution in [2.45, 2.75) is 87.9 Å². The number of fused-ring (bicyclic) bond motifs is 4. The summed E-state index contributed by atoms with van der Waals surface area (Å²) >= 11 is 0. The van der Waals surface area contributed by atoms with E-state index in [0.717, 1.165) is 99.6 Å². The molecule has 4 N–H and O–H groups in total. The maximum Gasteiger partial charge on any atom is 0.231 e. The third-order valence-corrected chi connectivity index (χ3v) is 13.2. The maximum absolute atomic E-state index is 13.3. The summed E-state index contributed by atoms with van der Waals surface area (Å²) < 4.78 is 21.8. The molecule has 0 radical (unpaired) electrons. The van der Waals surface area contributed by atoms with Crippen LogP contribution in [0.1, 0.15) is 87.0 Å². The molecule has 6 aromatic rings. The molecule has 60 heavy (non-hydrogen) atoms. The van der Waals surface area contributed by atoms with Gasteiger partial charge in [0.05, 0.1) is 10.8 Å². The van der Waals surface area contributed by atoms with Crippen molar-refractivity contribution in [1.29, 1.82) is 0 Å². The molecule has 4 aromatic carbocycles. The number of carbonyl (C=O) groups excluding carboxylic acids is 2. The molecule has 0 bridgehead atoms. The van der Waals surface area contributed by atoms with Gasteiger partial charge in [0.15, 0.2) is 23.0 Å². The summed E-state index contributed by atoms with van der Waals surface area (Å²) in [7, 11) is 4.20. The van der Waals surface area contributed by atoms with Crippen molar-refractivity contribution in [3.05, 3.63) is 119 Å². The van der Waals surface area contributed by atoms with E-state index in [-0.39, 0.29) is 46.8 Å². The third-order valence-electron chi connectivity index (χ3n) is 13.2. The molecule has 0 amide bonds. The van der Waals surface area contributed by atoms with E-state index in [1.54, 1.807) is 0 Å². The number of rotatable bonds is 13. The van der Waals surface area contributed by atoms with E-state index in [4.69, 9.17) is 24.7 Å². The molecule has 2 fully saturated rings. The van der Waals surface area contributed by atoms with Crippen LogP contribution < -0.4 is 24.7 Å². The molecule has 2 saturated carbocycles. The number of aromatic amines is 2. The first-order valence-corrected chi connectivity index (χ1v) is 21.1. The molecule has 312 valence electrons. The lowest BCUT2D eigenvalue weighted by atomic mass is 9.87. The largest absolute Gasteiger partial charge is 0.454 e. The van der Waals surface area contributed by atoms with E-state index >= 15 is 0 Å². The first kappa shape index (κ1) is 39.9. The van der Waals surface area contributed by atoms with Crippen molar-refractivity contribution in [2.24, 2.45) is 5.73 Å². The third kappa shape index (κ3) is 7.45. The summed E-state index contributed by atoms with van der Waals surface area (Å²) in [5, 5.41) is 2.29. The van der Waals surface area contributed by atoms with Gasteiger partial charge in [-0.3, -0.25) is 9.59 Å². The lowest BCUT2D eigenvalue weighted by Gasteiger charge is -2.27. The Hall–Kier alpha value is -5.58. The van der Waals surface area contributed by atoms with Gasteiger partial charge in [0.1, 0.15) is 11.6 Å². The van der Waals surface area contributed by atoms with Crippen molar-refractivity contribution < 1.29 is 28.5 Å². The van der Waals surface area contributed by atoms with Crippen molar-refractivity contribution in [3.8, 4) is 23.0 Å². The van der Waals surface area contributed by atoms with Crippen LogP contribution >= 0.6 is 0 Å². The Morgan fingerprint density at radius 1 is 0.600 bits per heavy atom. The average Bonchev–Trinajstić information content (AvgIpc) is 3.91. The average molecular weight is 809 g/mol. The van der Waals surface area contributed by atoms with E-state index in [0.29, 0.717) is 19.4 Å². The number of ether oxygens (including phenoxy) is 4. The summed E-state index contributed by atoms with van der Waals surface area (Å²) in [5.74, 6) is 3.57. The zero-order chi connectivity index (χ0) is 42.0. The van der Waals surface area contributed by atoms with Gasteiger partial charge in [0.2, 0.25) is 13.6 Å². The number of ketones is 2. The zero-order valence-corrected chi connectivity index (χ0v) is 35.6.